The fraction of sp³-hybridized carbons (Fsp3) is 0.320. The summed E-state index contributed by atoms with van der Waals surface area (Å²) in [7, 11) is 2.02. The van der Waals surface area contributed by atoms with E-state index in [0.717, 1.165) is 65.9 Å². The van der Waals surface area contributed by atoms with E-state index in [2.05, 4.69) is 37.8 Å². The van der Waals surface area contributed by atoms with E-state index in [1.54, 1.807) is 18.5 Å². The number of pyridine rings is 1. The molecule has 0 saturated carbocycles. The van der Waals surface area contributed by atoms with E-state index >= 15 is 0 Å². The Bertz CT molecular complexity index is 1260. The largest absolute Gasteiger partial charge is 0.368 e. The van der Waals surface area contributed by atoms with Crippen LogP contribution >= 0.6 is 0 Å². The lowest BCUT2D eigenvalue weighted by Gasteiger charge is -2.32. The van der Waals surface area contributed by atoms with Gasteiger partial charge in [-0.25, -0.2) is 14.4 Å². The van der Waals surface area contributed by atoms with Crippen molar-refractivity contribution < 1.29 is 4.39 Å². The van der Waals surface area contributed by atoms with Gasteiger partial charge in [0.05, 0.1) is 0 Å². The van der Waals surface area contributed by atoms with Crippen molar-refractivity contribution in [3.8, 4) is 11.1 Å². The van der Waals surface area contributed by atoms with Crippen LogP contribution in [0.5, 0.6) is 0 Å². The number of aryl methyl sites for hydroxylation is 2. The summed E-state index contributed by atoms with van der Waals surface area (Å²) in [5.74, 6) is 0.435. The summed E-state index contributed by atoms with van der Waals surface area (Å²) in [5.41, 5.74) is 12.0. The third-order valence-electron chi connectivity index (χ3n) is 6.33. The van der Waals surface area contributed by atoms with Gasteiger partial charge in [-0.15, -0.1) is 0 Å². The van der Waals surface area contributed by atoms with Crippen LogP contribution < -0.4 is 5.73 Å². The first-order chi connectivity index (χ1) is 15.5. The standard InChI is InChI=1S/C25H27FN6/c1-16-8-18(19-11-28-25(27)29-12-19)9-23(30-16)17-4-3-7-32(14-17)15-20-13-31(2)24-6-5-21(26)10-22(20)24/h5-6,8-13,17H,3-4,7,14-15H2,1-2H3,(H2,27,28,29)/t17-/m1/s1. The molecule has 4 heterocycles. The highest BCUT2D eigenvalue weighted by molar-refractivity contribution is 5.84. The number of hydrogen-bond donors (Lipinski definition) is 1. The zero-order valence-electron chi connectivity index (χ0n) is 18.4. The molecule has 1 fully saturated rings. The smallest absolute Gasteiger partial charge is 0.219 e. The molecule has 0 radical (unpaired) electrons. The number of hydrogen-bond acceptors (Lipinski definition) is 5. The molecule has 0 bridgehead atoms. The Morgan fingerprint density at radius 3 is 2.75 bits per heavy atom. The second-order valence-electron chi connectivity index (χ2n) is 8.75. The Balaban J connectivity index is 1.39. The van der Waals surface area contributed by atoms with Gasteiger partial charge in [-0.05, 0) is 67.8 Å². The van der Waals surface area contributed by atoms with E-state index < -0.39 is 0 Å². The molecule has 0 unspecified atom stereocenters. The van der Waals surface area contributed by atoms with Crippen molar-refractivity contribution in [1.29, 1.82) is 0 Å². The molecule has 1 aromatic carbocycles. The highest BCUT2D eigenvalue weighted by atomic mass is 19.1. The van der Waals surface area contributed by atoms with Gasteiger partial charge in [0.15, 0.2) is 0 Å². The molecule has 0 spiro atoms. The van der Waals surface area contributed by atoms with Crippen LogP contribution in [0.25, 0.3) is 22.0 Å². The fourth-order valence-electron chi connectivity index (χ4n) is 4.81. The SMILES string of the molecule is Cc1cc(-c2cnc(N)nc2)cc([C@@H]2CCCN(Cc3cn(C)c4ccc(F)cc34)C2)n1. The summed E-state index contributed by atoms with van der Waals surface area (Å²) in [5, 5.41) is 0.994. The molecule has 164 valence electrons. The topological polar surface area (TPSA) is 72.9 Å². The minimum absolute atomic E-state index is 0.190. The van der Waals surface area contributed by atoms with Crippen molar-refractivity contribution in [2.24, 2.45) is 7.05 Å². The highest BCUT2D eigenvalue weighted by Gasteiger charge is 2.24. The molecule has 7 heteroatoms. The second kappa shape index (κ2) is 8.31. The Morgan fingerprint density at radius 2 is 1.94 bits per heavy atom. The van der Waals surface area contributed by atoms with Gasteiger partial charge in [-0.1, -0.05) is 0 Å². The lowest BCUT2D eigenvalue weighted by molar-refractivity contribution is 0.199. The molecule has 1 aliphatic heterocycles. The van der Waals surface area contributed by atoms with Crippen LogP contribution in [0.15, 0.2) is 48.9 Å². The molecule has 6 nitrogen and oxygen atoms in total. The molecule has 32 heavy (non-hydrogen) atoms. The Morgan fingerprint density at radius 1 is 1.12 bits per heavy atom. The molecule has 5 rings (SSSR count). The maximum atomic E-state index is 13.9. The number of nitrogens with two attached hydrogens (primary N) is 1. The third kappa shape index (κ3) is 4.08. The second-order valence-corrected chi connectivity index (χ2v) is 8.75. The first kappa shape index (κ1) is 20.6. The molecular formula is C25H27FN6. The van der Waals surface area contributed by atoms with E-state index in [1.807, 2.05) is 20.0 Å². The van der Waals surface area contributed by atoms with Gasteiger partial charge in [0.2, 0.25) is 5.95 Å². The van der Waals surface area contributed by atoms with Crippen LogP contribution in [0.2, 0.25) is 0 Å². The number of rotatable bonds is 4. The number of nitrogen functional groups attached to an aromatic ring is 1. The van der Waals surface area contributed by atoms with Gasteiger partial charge in [0.1, 0.15) is 5.82 Å². The highest BCUT2D eigenvalue weighted by Crippen LogP contribution is 2.31. The van der Waals surface area contributed by atoms with Crippen molar-refractivity contribution in [3.05, 3.63) is 71.7 Å². The molecule has 1 atom stereocenters. The van der Waals surface area contributed by atoms with Crippen LogP contribution in [0.4, 0.5) is 10.3 Å². The van der Waals surface area contributed by atoms with Crippen molar-refractivity contribution in [2.75, 3.05) is 18.8 Å². The summed E-state index contributed by atoms with van der Waals surface area (Å²) in [6.45, 7) is 4.80. The predicted molar refractivity (Wildman–Crippen MR) is 125 cm³/mol. The van der Waals surface area contributed by atoms with Gasteiger partial charge in [0, 0.05) is 72.5 Å². The molecule has 4 aromatic rings. The summed E-state index contributed by atoms with van der Waals surface area (Å²) >= 11 is 0. The first-order valence-corrected chi connectivity index (χ1v) is 11.0. The van der Waals surface area contributed by atoms with Crippen molar-refractivity contribution >= 4 is 16.9 Å². The van der Waals surface area contributed by atoms with Crippen molar-refractivity contribution in [1.82, 2.24) is 24.4 Å². The zero-order valence-corrected chi connectivity index (χ0v) is 18.4. The summed E-state index contributed by atoms with van der Waals surface area (Å²) < 4.78 is 16.0. The summed E-state index contributed by atoms with van der Waals surface area (Å²) in [6, 6.07) is 9.24. The number of aromatic nitrogens is 4. The number of benzene rings is 1. The van der Waals surface area contributed by atoms with E-state index in [4.69, 9.17) is 10.7 Å². The Hall–Kier alpha value is -3.32. The van der Waals surface area contributed by atoms with Gasteiger partial charge in [0.25, 0.3) is 0 Å². The first-order valence-electron chi connectivity index (χ1n) is 11.0. The zero-order chi connectivity index (χ0) is 22.2. The van der Waals surface area contributed by atoms with Crippen LogP contribution in [0, 0.1) is 12.7 Å². The number of likely N-dealkylation sites (tertiary alicyclic amines) is 1. The van der Waals surface area contributed by atoms with E-state index in [-0.39, 0.29) is 11.8 Å². The van der Waals surface area contributed by atoms with E-state index in [9.17, 15) is 4.39 Å². The number of fused-ring (bicyclic) bond motifs is 1. The summed E-state index contributed by atoms with van der Waals surface area (Å²) in [6.07, 6.45) is 7.85. The predicted octanol–water partition coefficient (Wildman–Crippen LogP) is 4.44. The normalized spacial score (nSPS) is 17.2. The van der Waals surface area contributed by atoms with Crippen LogP contribution in [0.3, 0.4) is 0 Å². The number of piperidine rings is 1. The molecule has 3 aromatic heterocycles. The van der Waals surface area contributed by atoms with Crippen LogP contribution in [-0.4, -0.2) is 37.5 Å². The van der Waals surface area contributed by atoms with Gasteiger partial charge in [-0.3, -0.25) is 9.88 Å². The van der Waals surface area contributed by atoms with Gasteiger partial charge >= 0.3 is 0 Å². The number of halogens is 1. The molecular weight excluding hydrogens is 403 g/mol. The number of anilines is 1. The van der Waals surface area contributed by atoms with Crippen molar-refractivity contribution in [3.63, 3.8) is 0 Å². The van der Waals surface area contributed by atoms with Gasteiger partial charge < -0.3 is 10.3 Å². The third-order valence-corrected chi connectivity index (χ3v) is 6.33. The quantitative estimate of drug-likeness (QED) is 0.518. The maximum absolute atomic E-state index is 13.9. The lowest BCUT2D eigenvalue weighted by Crippen LogP contribution is -2.34. The molecule has 2 N–H and O–H groups in total. The Labute approximate surface area is 186 Å². The average Bonchev–Trinajstić information content (AvgIpc) is 3.08. The fourth-order valence-corrected chi connectivity index (χ4v) is 4.81. The van der Waals surface area contributed by atoms with Crippen molar-refractivity contribution in [2.45, 2.75) is 32.2 Å². The maximum Gasteiger partial charge on any atom is 0.219 e. The minimum atomic E-state index is -0.190. The number of nitrogens with zero attached hydrogens (tertiary/aromatic N) is 5. The van der Waals surface area contributed by atoms with E-state index in [1.165, 1.54) is 11.6 Å². The molecule has 0 amide bonds. The van der Waals surface area contributed by atoms with Crippen LogP contribution in [0.1, 0.15) is 35.7 Å². The minimum Gasteiger partial charge on any atom is -0.368 e. The molecule has 0 aliphatic carbocycles. The Kier molecular flexibility index (Phi) is 5.35. The average molecular weight is 431 g/mol. The molecule has 1 saturated heterocycles. The monoisotopic (exact) mass is 430 g/mol. The van der Waals surface area contributed by atoms with Gasteiger partial charge in [-0.2, -0.15) is 0 Å². The van der Waals surface area contributed by atoms with E-state index in [0.29, 0.717) is 5.92 Å². The summed E-state index contributed by atoms with van der Waals surface area (Å²) in [4.78, 5) is 15.6. The molecule has 1 aliphatic rings. The lowest BCUT2D eigenvalue weighted by atomic mass is 9.92. The van der Waals surface area contributed by atoms with Crippen LogP contribution in [-0.2, 0) is 13.6 Å².